The van der Waals surface area contributed by atoms with Gasteiger partial charge in [0, 0.05) is 11.1 Å². The van der Waals surface area contributed by atoms with Crippen LogP contribution in [0.15, 0.2) is 36.4 Å². The maximum atomic E-state index is 12.6. The van der Waals surface area contributed by atoms with E-state index < -0.39 is 11.6 Å². The van der Waals surface area contributed by atoms with Crippen molar-refractivity contribution < 1.29 is 19.1 Å². The average molecular weight is 324 g/mol. The summed E-state index contributed by atoms with van der Waals surface area (Å²) in [6, 6.07) is 10.4. The molecule has 0 unspecified atom stereocenters. The molecule has 1 aliphatic carbocycles. The van der Waals surface area contributed by atoms with Crippen molar-refractivity contribution >= 4 is 11.6 Å². The van der Waals surface area contributed by atoms with Gasteiger partial charge in [-0.15, -0.1) is 0 Å². The topological polar surface area (TPSA) is 52.6 Å². The highest BCUT2D eigenvalue weighted by molar-refractivity contribution is 6.49. The minimum absolute atomic E-state index is 0.411. The summed E-state index contributed by atoms with van der Waals surface area (Å²) in [6.45, 7) is 0. The quantitative estimate of drug-likeness (QED) is 0.791. The highest BCUT2D eigenvalue weighted by atomic mass is 16.5. The van der Waals surface area contributed by atoms with Crippen molar-refractivity contribution in [3.05, 3.63) is 58.7 Å². The SMILES string of the molecule is COc1ccc2cc1CCCCc1cc(ccc1OC)C(=O)C2=O. The highest BCUT2D eigenvalue weighted by Gasteiger charge is 2.21. The van der Waals surface area contributed by atoms with E-state index in [4.69, 9.17) is 9.47 Å². The van der Waals surface area contributed by atoms with Crippen molar-refractivity contribution in [2.75, 3.05) is 14.2 Å². The number of hydrogen-bond donors (Lipinski definition) is 0. The molecule has 0 aliphatic heterocycles. The summed E-state index contributed by atoms with van der Waals surface area (Å²) in [5.41, 5.74) is 2.75. The number of fused-ring (bicyclic) bond motifs is 4. The normalized spacial score (nSPS) is 14.6. The molecule has 0 N–H and O–H groups in total. The average Bonchev–Trinajstić information content (AvgIpc) is 2.63. The Bertz CT molecular complexity index is 725. The first-order chi connectivity index (χ1) is 11.6. The minimum Gasteiger partial charge on any atom is -0.496 e. The lowest BCUT2D eigenvalue weighted by Crippen LogP contribution is -2.16. The van der Waals surface area contributed by atoms with Gasteiger partial charge in [0.1, 0.15) is 11.5 Å². The van der Waals surface area contributed by atoms with Gasteiger partial charge in [-0.25, -0.2) is 0 Å². The summed E-state index contributed by atoms with van der Waals surface area (Å²) in [7, 11) is 3.23. The number of benzene rings is 2. The second kappa shape index (κ2) is 6.87. The summed E-state index contributed by atoms with van der Waals surface area (Å²) in [6.07, 6.45) is 3.55. The molecule has 3 rings (SSSR count). The van der Waals surface area contributed by atoms with Crippen LogP contribution in [0.2, 0.25) is 0 Å². The van der Waals surface area contributed by atoms with Gasteiger partial charge in [-0.3, -0.25) is 9.59 Å². The second-order valence-electron chi connectivity index (χ2n) is 5.92. The molecule has 0 spiro atoms. The van der Waals surface area contributed by atoms with Crippen LogP contribution in [0.4, 0.5) is 0 Å². The largest absolute Gasteiger partial charge is 0.496 e. The zero-order chi connectivity index (χ0) is 17.1. The number of ketones is 2. The molecule has 0 aromatic heterocycles. The van der Waals surface area contributed by atoms with Crippen LogP contribution < -0.4 is 9.47 Å². The molecule has 0 atom stereocenters. The van der Waals surface area contributed by atoms with Gasteiger partial charge < -0.3 is 9.47 Å². The van der Waals surface area contributed by atoms with E-state index in [9.17, 15) is 9.59 Å². The molecule has 0 saturated heterocycles. The van der Waals surface area contributed by atoms with Gasteiger partial charge in [0.15, 0.2) is 0 Å². The number of methoxy groups -OCH3 is 2. The molecule has 4 bridgehead atoms. The Morgan fingerprint density at radius 3 is 1.50 bits per heavy atom. The smallest absolute Gasteiger partial charge is 0.233 e. The van der Waals surface area contributed by atoms with E-state index in [1.807, 2.05) is 0 Å². The van der Waals surface area contributed by atoms with Gasteiger partial charge in [0.25, 0.3) is 0 Å². The van der Waals surface area contributed by atoms with E-state index in [1.54, 1.807) is 50.6 Å². The van der Waals surface area contributed by atoms with Crippen LogP contribution in [0.5, 0.6) is 11.5 Å². The summed E-state index contributed by atoms with van der Waals surface area (Å²) >= 11 is 0. The zero-order valence-corrected chi connectivity index (χ0v) is 13.9. The number of carbonyl (C=O) groups is 2. The van der Waals surface area contributed by atoms with Crippen LogP contribution in [-0.4, -0.2) is 25.8 Å². The third-order valence-corrected chi connectivity index (χ3v) is 4.43. The van der Waals surface area contributed by atoms with E-state index in [0.717, 1.165) is 48.3 Å². The zero-order valence-electron chi connectivity index (χ0n) is 13.9. The Hall–Kier alpha value is -2.62. The first kappa shape index (κ1) is 16.2. The highest BCUT2D eigenvalue weighted by Crippen LogP contribution is 2.27. The first-order valence-corrected chi connectivity index (χ1v) is 8.07. The molecule has 1 aliphatic rings. The van der Waals surface area contributed by atoms with E-state index >= 15 is 0 Å². The number of carbonyl (C=O) groups excluding carboxylic acids is 2. The summed E-state index contributed by atoms with van der Waals surface area (Å²) in [5.74, 6) is 0.533. The van der Waals surface area contributed by atoms with Crippen molar-refractivity contribution in [1.82, 2.24) is 0 Å². The molecule has 4 nitrogen and oxygen atoms in total. The fraction of sp³-hybridized carbons (Fsp3) is 0.300. The molecule has 124 valence electrons. The van der Waals surface area contributed by atoms with Gasteiger partial charge in [-0.2, -0.15) is 0 Å². The van der Waals surface area contributed by atoms with Crippen molar-refractivity contribution in [1.29, 1.82) is 0 Å². The maximum Gasteiger partial charge on any atom is 0.233 e. The lowest BCUT2D eigenvalue weighted by Gasteiger charge is -2.14. The molecule has 0 heterocycles. The minimum atomic E-state index is -0.490. The molecular formula is C20H20O4. The second-order valence-corrected chi connectivity index (χ2v) is 5.92. The third kappa shape index (κ3) is 3.04. The Morgan fingerprint density at radius 1 is 0.708 bits per heavy atom. The lowest BCUT2D eigenvalue weighted by atomic mass is 9.93. The van der Waals surface area contributed by atoms with Crippen LogP contribution >= 0.6 is 0 Å². The standard InChI is InChI=1S/C20H20O4/c1-23-17-9-7-15-11-13(17)5-3-4-6-14-12-16(20(22)19(15)21)8-10-18(14)24-2/h7-12H,3-6H2,1-2H3. The molecule has 0 radical (unpaired) electrons. The van der Waals surface area contributed by atoms with E-state index in [1.165, 1.54) is 0 Å². The number of ether oxygens (including phenoxy) is 2. The van der Waals surface area contributed by atoms with Gasteiger partial charge in [0.05, 0.1) is 14.2 Å². The van der Waals surface area contributed by atoms with Crippen LogP contribution in [0.1, 0.15) is 44.7 Å². The third-order valence-electron chi connectivity index (χ3n) is 4.43. The van der Waals surface area contributed by atoms with Crippen LogP contribution in [0, 0.1) is 0 Å². The summed E-state index contributed by atoms with van der Waals surface area (Å²) < 4.78 is 10.7. The summed E-state index contributed by atoms with van der Waals surface area (Å²) in [4.78, 5) is 25.1. The predicted octanol–water partition coefficient (Wildman–Crippen LogP) is 3.65. The number of rotatable bonds is 2. The fourth-order valence-electron chi connectivity index (χ4n) is 3.12. The molecule has 24 heavy (non-hydrogen) atoms. The van der Waals surface area contributed by atoms with Crippen LogP contribution in [-0.2, 0) is 12.8 Å². The lowest BCUT2D eigenvalue weighted by molar-refractivity contribution is 0.0816. The molecular weight excluding hydrogens is 304 g/mol. The Balaban J connectivity index is 2.06. The van der Waals surface area contributed by atoms with Crippen molar-refractivity contribution in [2.45, 2.75) is 25.7 Å². The van der Waals surface area contributed by atoms with Crippen molar-refractivity contribution in [2.24, 2.45) is 0 Å². The fourth-order valence-corrected chi connectivity index (χ4v) is 3.12. The monoisotopic (exact) mass is 324 g/mol. The van der Waals surface area contributed by atoms with Crippen molar-refractivity contribution in [3.8, 4) is 11.5 Å². The van der Waals surface area contributed by atoms with Gasteiger partial charge in [0.2, 0.25) is 11.6 Å². The van der Waals surface area contributed by atoms with Gasteiger partial charge in [-0.1, -0.05) is 0 Å². The number of aryl methyl sites for hydroxylation is 2. The molecule has 2 aromatic rings. The predicted molar refractivity (Wildman–Crippen MR) is 91.3 cm³/mol. The Labute approximate surface area is 141 Å². The van der Waals surface area contributed by atoms with E-state index in [0.29, 0.717) is 11.1 Å². The molecule has 0 saturated carbocycles. The molecule has 0 fully saturated rings. The molecule has 0 amide bonds. The molecule has 2 aromatic carbocycles. The van der Waals surface area contributed by atoms with Crippen LogP contribution in [0.25, 0.3) is 0 Å². The van der Waals surface area contributed by atoms with Gasteiger partial charge in [-0.05, 0) is 73.2 Å². The maximum absolute atomic E-state index is 12.6. The van der Waals surface area contributed by atoms with Gasteiger partial charge >= 0.3 is 0 Å². The van der Waals surface area contributed by atoms with E-state index in [-0.39, 0.29) is 0 Å². The number of Topliss-reactive ketones (excluding diaryl/α,β-unsaturated/α-hetero) is 2. The van der Waals surface area contributed by atoms with Crippen molar-refractivity contribution in [3.63, 3.8) is 0 Å². The van der Waals surface area contributed by atoms with Crippen LogP contribution in [0.3, 0.4) is 0 Å². The van der Waals surface area contributed by atoms with E-state index in [2.05, 4.69) is 0 Å². The summed E-state index contributed by atoms with van der Waals surface area (Å²) in [5, 5.41) is 0. The Kier molecular flexibility index (Phi) is 4.65. The molecule has 4 heteroatoms. The first-order valence-electron chi connectivity index (χ1n) is 8.07. The Morgan fingerprint density at radius 2 is 1.12 bits per heavy atom. The number of hydrogen-bond acceptors (Lipinski definition) is 4.